The predicted molar refractivity (Wildman–Crippen MR) is 147 cm³/mol. The molecule has 3 amide bonds. The molecule has 3 aromatic rings. The number of nitrogens with one attached hydrogen (secondary N) is 1. The van der Waals surface area contributed by atoms with Crippen molar-refractivity contribution in [1.82, 2.24) is 18.9 Å². The Morgan fingerprint density at radius 2 is 1.85 bits per heavy atom. The molecule has 0 fully saturated rings. The summed E-state index contributed by atoms with van der Waals surface area (Å²) < 4.78 is 22.5. The maximum absolute atomic E-state index is 13.7. The van der Waals surface area contributed by atoms with Crippen LogP contribution >= 0.6 is 0 Å². The Bertz CT molecular complexity index is 1440. The Kier molecular flexibility index (Phi) is 9.64. The molecule has 0 aliphatic carbocycles. The molecule has 3 rings (SSSR count). The maximum atomic E-state index is 13.7. The highest BCUT2D eigenvalue weighted by Crippen LogP contribution is 2.22. The number of anilines is 1. The van der Waals surface area contributed by atoms with Gasteiger partial charge in [-0.05, 0) is 62.2 Å². The highest BCUT2D eigenvalue weighted by atomic mass is 19.1. The number of allylic oxidation sites excluding steroid dienone is 1. The topological polar surface area (TPSA) is 106 Å². The first-order valence-corrected chi connectivity index (χ1v) is 12.6. The average molecular weight is 540 g/mol. The molecule has 2 heterocycles. The molecule has 0 saturated heterocycles. The number of hydrogen-bond acceptors (Lipinski definition) is 5. The molecule has 11 heteroatoms. The number of pyridine rings is 1. The van der Waals surface area contributed by atoms with Gasteiger partial charge in [-0.15, -0.1) is 0 Å². The highest BCUT2D eigenvalue weighted by Gasteiger charge is 2.24. The molecule has 10 nitrogen and oxygen atoms in total. The number of rotatable bonds is 10. The second-order valence-electron chi connectivity index (χ2n) is 9.41. The molecule has 1 aromatic carbocycles. The van der Waals surface area contributed by atoms with E-state index in [2.05, 4.69) is 5.32 Å². The summed E-state index contributed by atoms with van der Waals surface area (Å²) in [4.78, 5) is 52.8. The molecule has 0 spiro atoms. The number of fused-ring (bicyclic) bond motifs is 1. The summed E-state index contributed by atoms with van der Waals surface area (Å²) in [5, 5.41) is 3.32. The summed E-state index contributed by atoms with van der Waals surface area (Å²) in [6.07, 6.45) is 3.08. The van der Waals surface area contributed by atoms with Crippen molar-refractivity contribution in [2.45, 2.75) is 39.0 Å². The molecule has 0 aliphatic rings. The van der Waals surface area contributed by atoms with Gasteiger partial charge in [0, 0.05) is 57.5 Å². The first kappa shape index (κ1) is 29.2. The first-order valence-electron chi connectivity index (χ1n) is 12.6. The van der Waals surface area contributed by atoms with Crippen molar-refractivity contribution in [2.75, 3.05) is 33.5 Å². The number of ether oxygens (including phenoxy) is 1. The summed E-state index contributed by atoms with van der Waals surface area (Å²) in [5.74, 6) is -1.21. The van der Waals surface area contributed by atoms with Crippen molar-refractivity contribution in [3.8, 4) is 0 Å². The van der Waals surface area contributed by atoms with E-state index in [1.807, 2.05) is 17.6 Å². The van der Waals surface area contributed by atoms with Crippen LogP contribution in [-0.4, -0.2) is 71.1 Å². The third-order valence-corrected chi connectivity index (χ3v) is 6.07. The van der Waals surface area contributed by atoms with Crippen LogP contribution in [0, 0.1) is 5.82 Å². The van der Waals surface area contributed by atoms with Gasteiger partial charge >= 0.3 is 6.09 Å². The maximum Gasteiger partial charge on any atom is 0.410 e. The molecular weight excluding hydrogens is 505 g/mol. The predicted octanol–water partition coefficient (Wildman–Crippen LogP) is 3.44. The lowest BCUT2D eigenvalue weighted by Gasteiger charge is -2.20. The van der Waals surface area contributed by atoms with E-state index in [9.17, 15) is 23.6 Å². The molecule has 0 bridgehead atoms. The van der Waals surface area contributed by atoms with Gasteiger partial charge in [0.1, 0.15) is 11.5 Å². The van der Waals surface area contributed by atoms with E-state index >= 15 is 0 Å². The SMILES string of the molecule is CCn1c(Cn2cccc(NC(=O)[C@H](CC/C=C/C(=O)N(C)C)OC(=O)N(C)C)c2=O)cc2cc(F)ccc21. The lowest BCUT2D eigenvalue weighted by atomic mass is 10.1. The largest absolute Gasteiger partial charge is 0.436 e. The van der Waals surface area contributed by atoms with E-state index in [1.165, 1.54) is 52.7 Å². The number of halogens is 1. The fourth-order valence-corrected chi connectivity index (χ4v) is 4.00. The van der Waals surface area contributed by atoms with Crippen LogP contribution in [-0.2, 0) is 27.4 Å². The van der Waals surface area contributed by atoms with Gasteiger partial charge in [0.25, 0.3) is 11.5 Å². The number of benzene rings is 1. The van der Waals surface area contributed by atoms with Gasteiger partial charge in [-0.3, -0.25) is 14.4 Å². The Hall–Kier alpha value is -4.41. The number of carbonyl (C=O) groups is 3. The molecule has 1 atom stereocenters. The Labute approximate surface area is 226 Å². The summed E-state index contributed by atoms with van der Waals surface area (Å²) in [6, 6.07) is 9.50. The molecular formula is C28H34FN5O5. The quantitative estimate of drug-likeness (QED) is 0.398. The number of carbonyl (C=O) groups excluding carboxylic acids is 3. The lowest BCUT2D eigenvalue weighted by molar-refractivity contribution is -0.125. The van der Waals surface area contributed by atoms with Gasteiger partial charge in [0.2, 0.25) is 5.91 Å². The van der Waals surface area contributed by atoms with Gasteiger partial charge < -0.3 is 29.0 Å². The smallest absolute Gasteiger partial charge is 0.410 e. The van der Waals surface area contributed by atoms with Gasteiger partial charge in [0.15, 0.2) is 6.10 Å². The Balaban J connectivity index is 1.80. The van der Waals surface area contributed by atoms with Gasteiger partial charge in [-0.2, -0.15) is 0 Å². The van der Waals surface area contributed by atoms with Crippen LogP contribution in [0.5, 0.6) is 0 Å². The molecule has 0 radical (unpaired) electrons. The summed E-state index contributed by atoms with van der Waals surface area (Å²) in [7, 11) is 6.23. The van der Waals surface area contributed by atoms with Crippen LogP contribution < -0.4 is 10.9 Å². The van der Waals surface area contributed by atoms with Crippen molar-refractivity contribution in [3.63, 3.8) is 0 Å². The zero-order chi connectivity index (χ0) is 28.7. The van der Waals surface area contributed by atoms with Gasteiger partial charge in [-0.1, -0.05) is 6.08 Å². The van der Waals surface area contributed by atoms with Crippen LogP contribution in [0.4, 0.5) is 14.9 Å². The minimum atomic E-state index is -1.19. The lowest BCUT2D eigenvalue weighted by Crippen LogP contribution is -2.37. The van der Waals surface area contributed by atoms with Crippen molar-refractivity contribution < 1.29 is 23.5 Å². The number of likely N-dealkylation sites (N-methyl/N-ethyl adjacent to an activating group) is 1. The van der Waals surface area contributed by atoms with Crippen molar-refractivity contribution >= 4 is 34.5 Å². The van der Waals surface area contributed by atoms with E-state index in [0.717, 1.165) is 16.6 Å². The Morgan fingerprint density at radius 3 is 2.51 bits per heavy atom. The second kappa shape index (κ2) is 12.9. The normalized spacial score (nSPS) is 11.9. The standard InChI is InChI=1S/C28H34FN5O5/c1-6-34-21(17-19-16-20(29)13-14-23(19)34)18-33-15-9-10-22(27(33)37)30-26(36)24(39-28(38)32(4)5)11-7-8-12-25(35)31(2)3/h8-10,12-17,24H,6-7,11,18H2,1-5H3,(H,30,36)/b12-8+/t24-/m0/s1. The van der Waals surface area contributed by atoms with Crippen molar-refractivity contribution in [3.05, 3.63) is 76.6 Å². The van der Waals surface area contributed by atoms with Crippen LogP contribution in [0.3, 0.4) is 0 Å². The first-order chi connectivity index (χ1) is 18.5. The summed E-state index contributed by atoms with van der Waals surface area (Å²) >= 11 is 0. The van der Waals surface area contributed by atoms with Crippen LogP contribution in [0.25, 0.3) is 10.9 Å². The van der Waals surface area contributed by atoms with Crippen LogP contribution in [0.15, 0.2) is 59.5 Å². The van der Waals surface area contributed by atoms with Crippen LogP contribution in [0.1, 0.15) is 25.5 Å². The Morgan fingerprint density at radius 1 is 1.10 bits per heavy atom. The molecule has 0 unspecified atom stereocenters. The molecule has 0 aliphatic heterocycles. The fraction of sp³-hybridized carbons (Fsp3) is 0.357. The molecule has 2 aromatic heterocycles. The number of nitrogens with zero attached hydrogens (tertiary/aromatic N) is 4. The summed E-state index contributed by atoms with van der Waals surface area (Å²) in [5.41, 5.74) is 1.25. The second-order valence-corrected chi connectivity index (χ2v) is 9.41. The number of aryl methyl sites for hydroxylation is 1. The monoisotopic (exact) mass is 539 g/mol. The van der Waals surface area contributed by atoms with E-state index in [1.54, 1.807) is 38.5 Å². The third kappa shape index (κ3) is 7.34. The van der Waals surface area contributed by atoms with E-state index in [4.69, 9.17) is 4.74 Å². The van der Waals surface area contributed by atoms with E-state index in [0.29, 0.717) is 13.0 Å². The van der Waals surface area contributed by atoms with Crippen molar-refractivity contribution in [2.24, 2.45) is 0 Å². The zero-order valence-electron chi connectivity index (χ0n) is 22.8. The zero-order valence-corrected chi connectivity index (χ0v) is 22.8. The summed E-state index contributed by atoms with van der Waals surface area (Å²) in [6.45, 7) is 2.80. The number of amides is 3. The third-order valence-electron chi connectivity index (χ3n) is 6.07. The average Bonchev–Trinajstić information content (AvgIpc) is 3.23. The fourth-order valence-electron chi connectivity index (χ4n) is 4.00. The highest BCUT2D eigenvalue weighted by molar-refractivity contribution is 5.95. The number of aromatic nitrogens is 2. The number of hydrogen-bond donors (Lipinski definition) is 1. The van der Waals surface area contributed by atoms with E-state index < -0.39 is 23.7 Å². The molecule has 208 valence electrons. The van der Waals surface area contributed by atoms with Gasteiger partial charge in [0.05, 0.1) is 6.54 Å². The molecule has 0 saturated carbocycles. The van der Waals surface area contributed by atoms with Crippen LogP contribution in [0.2, 0.25) is 0 Å². The van der Waals surface area contributed by atoms with Crippen molar-refractivity contribution in [1.29, 1.82) is 0 Å². The minimum Gasteiger partial charge on any atom is -0.436 e. The minimum absolute atomic E-state index is 0.0249. The van der Waals surface area contributed by atoms with E-state index in [-0.39, 0.29) is 30.4 Å². The molecule has 39 heavy (non-hydrogen) atoms. The van der Waals surface area contributed by atoms with Gasteiger partial charge in [-0.25, -0.2) is 9.18 Å². The molecule has 1 N–H and O–H groups in total.